The predicted molar refractivity (Wildman–Crippen MR) is 111 cm³/mol. The van der Waals surface area contributed by atoms with E-state index in [2.05, 4.69) is 16.7 Å². The van der Waals surface area contributed by atoms with E-state index in [1.807, 2.05) is 61.7 Å². The van der Waals surface area contributed by atoms with E-state index in [9.17, 15) is 10.1 Å². The number of carbonyl (C=O) groups is 1. The van der Waals surface area contributed by atoms with Gasteiger partial charge < -0.3 is 10.6 Å². The van der Waals surface area contributed by atoms with Crippen molar-refractivity contribution in [2.24, 2.45) is 0 Å². The van der Waals surface area contributed by atoms with Crippen LogP contribution in [-0.4, -0.2) is 12.2 Å². The summed E-state index contributed by atoms with van der Waals surface area (Å²) in [6.45, 7) is 1.84. The van der Waals surface area contributed by atoms with Gasteiger partial charge in [0.1, 0.15) is 0 Å². The number of hydrogen-bond donors (Lipinski definition) is 2. The van der Waals surface area contributed by atoms with E-state index in [1.54, 1.807) is 6.07 Å². The number of carbonyl (C=O) groups excluding carboxylic acids is 1. The Hall–Kier alpha value is -2.68. The molecule has 136 valence electrons. The molecular formula is C21H18ClN3OS. The number of hydrogen-bond acceptors (Lipinski definition) is 4. The fourth-order valence-corrected chi connectivity index (χ4v) is 4.00. The van der Waals surface area contributed by atoms with Crippen LogP contribution < -0.4 is 10.6 Å². The quantitative estimate of drug-likeness (QED) is 0.761. The van der Waals surface area contributed by atoms with E-state index in [0.717, 1.165) is 10.6 Å². The molecule has 0 saturated heterocycles. The van der Waals surface area contributed by atoms with Crippen LogP contribution in [0.5, 0.6) is 0 Å². The Balaban J connectivity index is 2.11. The number of anilines is 1. The van der Waals surface area contributed by atoms with Gasteiger partial charge in [0.05, 0.1) is 22.6 Å². The summed E-state index contributed by atoms with van der Waals surface area (Å²) in [5.74, 6) is -0.792. The molecule has 0 saturated carbocycles. The smallest absolute Gasteiger partial charge is 0.254 e. The average Bonchev–Trinajstić information content (AvgIpc) is 2.68. The molecule has 0 aromatic heterocycles. The second-order valence-electron chi connectivity index (χ2n) is 6.00. The van der Waals surface area contributed by atoms with E-state index in [4.69, 9.17) is 11.6 Å². The van der Waals surface area contributed by atoms with Gasteiger partial charge in [0.2, 0.25) is 0 Å². The van der Waals surface area contributed by atoms with Gasteiger partial charge in [-0.25, -0.2) is 0 Å². The summed E-state index contributed by atoms with van der Waals surface area (Å²) in [6, 6.07) is 18.8. The molecule has 1 aliphatic heterocycles. The van der Waals surface area contributed by atoms with Crippen LogP contribution in [-0.2, 0) is 4.79 Å². The van der Waals surface area contributed by atoms with Gasteiger partial charge in [0.15, 0.2) is 0 Å². The number of amides is 1. The lowest BCUT2D eigenvalue weighted by atomic mass is 9.82. The molecule has 0 unspecified atom stereocenters. The molecule has 2 aromatic carbocycles. The van der Waals surface area contributed by atoms with Crippen molar-refractivity contribution in [3.8, 4) is 6.07 Å². The van der Waals surface area contributed by atoms with E-state index < -0.39 is 5.92 Å². The summed E-state index contributed by atoms with van der Waals surface area (Å²) >= 11 is 7.88. The van der Waals surface area contributed by atoms with Gasteiger partial charge in [0, 0.05) is 22.0 Å². The van der Waals surface area contributed by atoms with Crippen LogP contribution in [0.3, 0.4) is 0 Å². The Bertz CT molecular complexity index is 976. The standard InChI is InChI=1S/C21H18ClN3OS/c1-13-18(20(26)25-14-8-4-3-5-9-14)19(15-10-6-7-11-17(15)22)16(12-23)21(24-13)27-2/h3-11,19,24H,1-2H3,(H,25,26)/t19-/m0/s1. The summed E-state index contributed by atoms with van der Waals surface area (Å²) in [5.41, 5.74) is 3.11. The number of dihydropyridines is 1. The van der Waals surface area contributed by atoms with Gasteiger partial charge >= 0.3 is 0 Å². The van der Waals surface area contributed by atoms with Crippen LogP contribution in [0.4, 0.5) is 5.69 Å². The molecule has 1 aliphatic rings. The zero-order valence-electron chi connectivity index (χ0n) is 14.9. The van der Waals surface area contributed by atoms with Gasteiger partial charge in [-0.3, -0.25) is 4.79 Å². The lowest BCUT2D eigenvalue weighted by Gasteiger charge is -2.30. The molecular weight excluding hydrogens is 378 g/mol. The van der Waals surface area contributed by atoms with Crippen molar-refractivity contribution in [1.82, 2.24) is 5.32 Å². The highest BCUT2D eigenvalue weighted by Gasteiger charge is 2.35. The van der Waals surface area contributed by atoms with Crippen LogP contribution in [0.25, 0.3) is 0 Å². The zero-order chi connectivity index (χ0) is 19.4. The van der Waals surface area contributed by atoms with Gasteiger partial charge in [-0.2, -0.15) is 5.26 Å². The number of halogens is 1. The first kappa shape index (κ1) is 19.1. The minimum atomic E-state index is -0.531. The highest BCUT2D eigenvalue weighted by Crippen LogP contribution is 2.42. The maximum Gasteiger partial charge on any atom is 0.254 e. The number of thioether (sulfide) groups is 1. The molecule has 2 N–H and O–H groups in total. The highest BCUT2D eigenvalue weighted by molar-refractivity contribution is 8.02. The molecule has 1 amide bonds. The monoisotopic (exact) mass is 395 g/mol. The molecule has 1 atom stereocenters. The number of nitrogens with zero attached hydrogens (tertiary/aromatic N) is 1. The zero-order valence-corrected chi connectivity index (χ0v) is 16.5. The van der Waals surface area contributed by atoms with Crippen molar-refractivity contribution in [2.45, 2.75) is 12.8 Å². The second-order valence-corrected chi connectivity index (χ2v) is 7.22. The van der Waals surface area contributed by atoms with E-state index in [1.165, 1.54) is 11.8 Å². The number of allylic oxidation sites excluding steroid dienone is 2. The van der Waals surface area contributed by atoms with Crippen molar-refractivity contribution in [2.75, 3.05) is 11.6 Å². The molecule has 0 aliphatic carbocycles. The Kier molecular flexibility index (Phi) is 5.90. The van der Waals surface area contributed by atoms with Crippen LogP contribution in [0, 0.1) is 11.3 Å². The summed E-state index contributed by atoms with van der Waals surface area (Å²) in [4.78, 5) is 13.1. The molecule has 1 heterocycles. The van der Waals surface area contributed by atoms with Crippen molar-refractivity contribution in [1.29, 1.82) is 5.26 Å². The molecule has 0 bridgehead atoms. The van der Waals surface area contributed by atoms with Gasteiger partial charge in [0.25, 0.3) is 5.91 Å². The van der Waals surface area contributed by atoms with Crippen molar-refractivity contribution >= 4 is 35.0 Å². The summed E-state index contributed by atoms with van der Waals surface area (Å²) in [5, 5.41) is 17.2. The number of para-hydroxylation sites is 1. The molecule has 0 spiro atoms. The molecule has 4 nitrogen and oxygen atoms in total. The Morgan fingerprint density at radius 3 is 2.48 bits per heavy atom. The molecule has 27 heavy (non-hydrogen) atoms. The van der Waals surface area contributed by atoms with Crippen LogP contribution in [0.2, 0.25) is 5.02 Å². The van der Waals surface area contributed by atoms with Crippen molar-refractivity contribution < 1.29 is 4.79 Å². The number of benzene rings is 2. The first-order valence-electron chi connectivity index (χ1n) is 8.33. The minimum Gasteiger partial charge on any atom is -0.353 e. The third-order valence-electron chi connectivity index (χ3n) is 4.34. The first-order valence-corrected chi connectivity index (χ1v) is 9.94. The normalized spacial score (nSPS) is 16.6. The molecule has 6 heteroatoms. The first-order chi connectivity index (χ1) is 13.1. The number of nitrogens with one attached hydrogen (secondary N) is 2. The largest absolute Gasteiger partial charge is 0.353 e. The minimum absolute atomic E-state index is 0.260. The lowest BCUT2D eigenvalue weighted by Crippen LogP contribution is -2.30. The van der Waals surface area contributed by atoms with Gasteiger partial charge in [-0.15, -0.1) is 11.8 Å². The summed E-state index contributed by atoms with van der Waals surface area (Å²) in [7, 11) is 0. The van der Waals surface area contributed by atoms with Crippen molar-refractivity contribution in [3.05, 3.63) is 87.1 Å². The van der Waals surface area contributed by atoms with Crippen LogP contribution in [0.1, 0.15) is 18.4 Å². The predicted octanol–water partition coefficient (Wildman–Crippen LogP) is 5.04. The van der Waals surface area contributed by atoms with Crippen LogP contribution in [0.15, 0.2) is 76.5 Å². The van der Waals surface area contributed by atoms with Gasteiger partial charge in [-0.1, -0.05) is 48.0 Å². The third-order valence-corrected chi connectivity index (χ3v) is 5.42. The molecule has 0 radical (unpaired) electrons. The number of nitriles is 1. The van der Waals surface area contributed by atoms with Crippen molar-refractivity contribution in [3.63, 3.8) is 0 Å². The van der Waals surface area contributed by atoms with Gasteiger partial charge in [-0.05, 0) is 36.9 Å². The molecule has 3 rings (SSSR count). The van der Waals surface area contributed by atoms with E-state index >= 15 is 0 Å². The SMILES string of the molecule is CSC1=C(C#N)[C@H](c2ccccc2Cl)C(C(=O)Nc2ccccc2)=C(C)N1. The Morgan fingerprint density at radius 1 is 1.19 bits per heavy atom. The fourth-order valence-electron chi connectivity index (χ4n) is 3.11. The Morgan fingerprint density at radius 2 is 1.85 bits per heavy atom. The molecule has 2 aromatic rings. The highest BCUT2D eigenvalue weighted by atomic mass is 35.5. The Labute approximate surface area is 167 Å². The topological polar surface area (TPSA) is 64.9 Å². The maximum atomic E-state index is 13.1. The summed E-state index contributed by atoms with van der Waals surface area (Å²) in [6.07, 6.45) is 1.89. The lowest BCUT2D eigenvalue weighted by molar-refractivity contribution is -0.113. The average molecular weight is 396 g/mol. The van der Waals surface area contributed by atoms with E-state index in [-0.39, 0.29) is 5.91 Å². The maximum absolute atomic E-state index is 13.1. The summed E-state index contributed by atoms with van der Waals surface area (Å²) < 4.78 is 0. The number of rotatable bonds is 4. The fraction of sp³-hybridized carbons (Fsp3) is 0.143. The third kappa shape index (κ3) is 3.87. The van der Waals surface area contributed by atoms with Crippen LogP contribution >= 0.6 is 23.4 Å². The second kappa shape index (κ2) is 8.34. The van der Waals surface area contributed by atoms with E-state index in [0.29, 0.717) is 27.6 Å². The molecule has 0 fully saturated rings.